The maximum absolute atomic E-state index is 12.0. The van der Waals surface area contributed by atoms with Crippen LogP contribution in [-0.2, 0) is 14.3 Å². The monoisotopic (exact) mass is 299 g/mol. The number of hydrogen-bond donors (Lipinski definition) is 0. The van der Waals surface area contributed by atoms with Crippen LogP contribution in [0.5, 0.6) is 0 Å². The smallest absolute Gasteiger partial charge is 0.410 e. The summed E-state index contributed by atoms with van der Waals surface area (Å²) in [5, 5.41) is 0. The van der Waals surface area contributed by atoms with Crippen molar-refractivity contribution in [3.8, 4) is 0 Å². The van der Waals surface area contributed by atoms with Crippen LogP contribution in [0.3, 0.4) is 0 Å². The zero-order valence-corrected chi connectivity index (χ0v) is 14.0. The number of rotatable bonds is 4. The van der Waals surface area contributed by atoms with Gasteiger partial charge in [0.1, 0.15) is 5.60 Å². The van der Waals surface area contributed by atoms with Gasteiger partial charge in [-0.1, -0.05) is 6.92 Å². The maximum Gasteiger partial charge on any atom is 0.410 e. The molecule has 1 saturated heterocycles. The van der Waals surface area contributed by atoms with Crippen LogP contribution >= 0.6 is 0 Å². The van der Waals surface area contributed by atoms with Crippen LogP contribution in [-0.4, -0.2) is 42.8 Å². The molecule has 1 amide bonds. The van der Waals surface area contributed by atoms with Gasteiger partial charge in [0.15, 0.2) is 0 Å². The fraction of sp³-hybridized carbons (Fsp3) is 0.875. The summed E-state index contributed by atoms with van der Waals surface area (Å²) in [4.78, 5) is 25.1. The van der Waals surface area contributed by atoms with E-state index in [1.807, 2.05) is 27.7 Å². The first-order valence-electron chi connectivity index (χ1n) is 7.78. The highest BCUT2D eigenvalue weighted by molar-refractivity contribution is 5.71. The predicted molar refractivity (Wildman–Crippen MR) is 80.9 cm³/mol. The summed E-state index contributed by atoms with van der Waals surface area (Å²) in [5.74, 6) is 0.399. The van der Waals surface area contributed by atoms with Gasteiger partial charge in [0.25, 0.3) is 0 Å². The van der Waals surface area contributed by atoms with Gasteiger partial charge >= 0.3 is 12.1 Å². The fourth-order valence-corrected chi connectivity index (χ4v) is 2.54. The van der Waals surface area contributed by atoms with Crippen molar-refractivity contribution in [1.29, 1.82) is 0 Å². The molecule has 21 heavy (non-hydrogen) atoms. The number of hydrogen-bond acceptors (Lipinski definition) is 4. The molecule has 1 aliphatic heterocycles. The minimum absolute atomic E-state index is 0.0427. The maximum atomic E-state index is 12.0. The van der Waals surface area contributed by atoms with Crippen molar-refractivity contribution in [2.75, 3.05) is 20.2 Å². The Hall–Kier alpha value is -1.26. The SMILES string of the molecule is COC(=O)C(C)CCC1CCN(C(=O)OC(C)(C)C)CC1. The second-order valence-electron chi connectivity index (χ2n) is 6.91. The summed E-state index contributed by atoms with van der Waals surface area (Å²) >= 11 is 0. The summed E-state index contributed by atoms with van der Waals surface area (Å²) in [6, 6.07) is 0. The second kappa shape index (κ2) is 7.66. The fourth-order valence-electron chi connectivity index (χ4n) is 2.54. The minimum atomic E-state index is -0.441. The number of nitrogens with zero attached hydrogens (tertiary/aromatic N) is 1. The first kappa shape index (κ1) is 17.8. The lowest BCUT2D eigenvalue weighted by Gasteiger charge is -2.33. The lowest BCUT2D eigenvalue weighted by molar-refractivity contribution is -0.145. The molecule has 0 bridgehead atoms. The topological polar surface area (TPSA) is 55.8 Å². The lowest BCUT2D eigenvalue weighted by atomic mass is 9.89. The minimum Gasteiger partial charge on any atom is -0.469 e. The third-order valence-corrected chi connectivity index (χ3v) is 3.88. The summed E-state index contributed by atoms with van der Waals surface area (Å²) in [7, 11) is 1.43. The number of ether oxygens (including phenoxy) is 2. The molecule has 0 radical (unpaired) electrons. The van der Waals surface area contributed by atoms with Crippen LogP contribution < -0.4 is 0 Å². The van der Waals surface area contributed by atoms with E-state index in [9.17, 15) is 9.59 Å². The van der Waals surface area contributed by atoms with E-state index in [2.05, 4.69) is 0 Å². The van der Waals surface area contributed by atoms with Crippen molar-refractivity contribution in [2.24, 2.45) is 11.8 Å². The summed E-state index contributed by atoms with van der Waals surface area (Å²) in [6.45, 7) is 9.03. The molecule has 1 aliphatic rings. The normalized spacial score (nSPS) is 18.2. The first-order valence-corrected chi connectivity index (χ1v) is 7.78. The highest BCUT2D eigenvalue weighted by Crippen LogP contribution is 2.25. The standard InChI is InChI=1S/C16H29NO4/c1-12(14(18)20-5)6-7-13-8-10-17(11-9-13)15(19)21-16(2,3)4/h12-13H,6-11H2,1-5H3. The number of carbonyl (C=O) groups excluding carboxylic acids is 2. The van der Waals surface area contributed by atoms with E-state index in [1.54, 1.807) is 4.90 Å². The predicted octanol–water partition coefficient (Wildman–Crippen LogP) is 3.22. The average Bonchev–Trinajstić information content (AvgIpc) is 2.42. The molecular weight excluding hydrogens is 270 g/mol. The van der Waals surface area contributed by atoms with Crippen LogP contribution in [0.15, 0.2) is 0 Å². The van der Waals surface area contributed by atoms with Crippen molar-refractivity contribution in [3.63, 3.8) is 0 Å². The van der Waals surface area contributed by atoms with Crippen LogP contribution in [0, 0.1) is 11.8 Å². The van der Waals surface area contributed by atoms with Crippen molar-refractivity contribution >= 4 is 12.1 Å². The zero-order valence-electron chi connectivity index (χ0n) is 14.0. The quantitative estimate of drug-likeness (QED) is 0.748. The van der Waals surface area contributed by atoms with Crippen molar-refractivity contribution in [3.05, 3.63) is 0 Å². The molecule has 1 rings (SSSR count). The Balaban J connectivity index is 2.29. The number of piperidine rings is 1. The third kappa shape index (κ3) is 6.36. The van der Waals surface area contributed by atoms with Crippen molar-refractivity contribution < 1.29 is 19.1 Å². The molecule has 1 atom stereocenters. The molecule has 0 aromatic rings. The van der Waals surface area contributed by atoms with Gasteiger partial charge in [-0.2, -0.15) is 0 Å². The van der Waals surface area contributed by atoms with E-state index in [1.165, 1.54) is 7.11 Å². The number of esters is 1. The van der Waals surface area contributed by atoms with E-state index >= 15 is 0 Å². The molecule has 1 unspecified atom stereocenters. The van der Waals surface area contributed by atoms with Gasteiger partial charge in [-0.25, -0.2) is 4.79 Å². The molecule has 0 spiro atoms. The Kier molecular flexibility index (Phi) is 6.49. The highest BCUT2D eigenvalue weighted by Gasteiger charge is 2.27. The molecule has 0 N–H and O–H groups in total. The Morgan fingerprint density at radius 2 is 1.81 bits per heavy atom. The molecule has 1 heterocycles. The van der Waals surface area contributed by atoms with Gasteiger partial charge in [0.05, 0.1) is 13.0 Å². The molecule has 0 aromatic heterocycles. The van der Waals surface area contributed by atoms with Gasteiger partial charge in [-0.3, -0.25) is 4.79 Å². The number of carbonyl (C=O) groups is 2. The van der Waals surface area contributed by atoms with Crippen molar-refractivity contribution in [2.45, 2.75) is 59.0 Å². The molecule has 0 saturated carbocycles. The van der Waals surface area contributed by atoms with Gasteiger partial charge in [0.2, 0.25) is 0 Å². The van der Waals surface area contributed by atoms with Gasteiger partial charge in [-0.05, 0) is 52.4 Å². The summed E-state index contributed by atoms with van der Waals surface area (Å²) in [5.41, 5.74) is -0.441. The van der Waals surface area contributed by atoms with Gasteiger partial charge in [0, 0.05) is 13.1 Å². The van der Waals surface area contributed by atoms with E-state index < -0.39 is 5.60 Å². The second-order valence-corrected chi connectivity index (χ2v) is 6.91. The Morgan fingerprint density at radius 3 is 2.29 bits per heavy atom. The van der Waals surface area contributed by atoms with Crippen LogP contribution in [0.1, 0.15) is 53.4 Å². The number of likely N-dealkylation sites (tertiary alicyclic amines) is 1. The van der Waals surface area contributed by atoms with Gasteiger partial charge < -0.3 is 14.4 Å². The molecular formula is C16H29NO4. The van der Waals surface area contributed by atoms with Crippen LogP contribution in [0.25, 0.3) is 0 Å². The van der Waals surface area contributed by atoms with Gasteiger partial charge in [-0.15, -0.1) is 0 Å². The van der Waals surface area contributed by atoms with Crippen LogP contribution in [0.4, 0.5) is 4.79 Å². The lowest BCUT2D eigenvalue weighted by Crippen LogP contribution is -2.41. The molecule has 122 valence electrons. The van der Waals surface area contributed by atoms with E-state index in [4.69, 9.17) is 9.47 Å². The molecule has 1 fully saturated rings. The molecule has 0 aromatic carbocycles. The largest absolute Gasteiger partial charge is 0.469 e. The first-order chi connectivity index (χ1) is 9.73. The average molecular weight is 299 g/mol. The Bertz CT molecular complexity index is 354. The van der Waals surface area contributed by atoms with E-state index in [0.29, 0.717) is 5.92 Å². The Morgan fingerprint density at radius 1 is 1.24 bits per heavy atom. The highest BCUT2D eigenvalue weighted by atomic mass is 16.6. The Labute approximate surface area is 128 Å². The molecule has 5 nitrogen and oxygen atoms in total. The third-order valence-electron chi connectivity index (χ3n) is 3.88. The van der Waals surface area contributed by atoms with E-state index in [0.717, 1.165) is 38.8 Å². The summed E-state index contributed by atoms with van der Waals surface area (Å²) in [6.07, 6.45) is 3.60. The molecule has 0 aliphatic carbocycles. The van der Waals surface area contributed by atoms with Crippen molar-refractivity contribution in [1.82, 2.24) is 4.90 Å². The number of amides is 1. The van der Waals surface area contributed by atoms with Crippen LogP contribution in [0.2, 0.25) is 0 Å². The van der Waals surface area contributed by atoms with E-state index in [-0.39, 0.29) is 18.0 Å². The number of methoxy groups -OCH3 is 1. The molecule has 5 heteroatoms. The zero-order chi connectivity index (χ0) is 16.0. The summed E-state index contributed by atoms with van der Waals surface area (Å²) < 4.78 is 10.1.